The third kappa shape index (κ3) is 3.22. The molecule has 0 bridgehead atoms. The van der Waals surface area contributed by atoms with Gasteiger partial charge in [0.15, 0.2) is 5.82 Å². The van der Waals surface area contributed by atoms with Crippen LogP contribution in [0.3, 0.4) is 0 Å². The number of anilines is 1. The van der Waals surface area contributed by atoms with Gasteiger partial charge in [-0.3, -0.25) is 4.79 Å². The molecule has 0 fully saturated rings. The maximum absolute atomic E-state index is 13.7. The van der Waals surface area contributed by atoms with Gasteiger partial charge in [0.1, 0.15) is 0 Å². The van der Waals surface area contributed by atoms with Crippen LogP contribution in [-0.2, 0) is 11.0 Å². The Bertz CT molecular complexity index is 557. The normalized spacial score (nSPS) is 11.3. The number of amides is 1. The topological polar surface area (TPSA) is 66.4 Å². The number of carboxylic acids is 1. The molecular formula is C10H6BrF4NO3. The Balaban J connectivity index is 3.63. The molecule has 0 aliphatic heterocycles. The predicted molar refractivity (Wildman–Crippen MR) is 60.4 cm³/mol. The molecule has 0 aliphatic rings. The van der Waals surface area contributed by atoms with Crippen LogP contribution < -0.4 is 5.32 Å². The van der Waals surface area contributed by atoms with E-state index in [-0.39, 0.29) is 6.07 Å². The van der Waals surface area contributed by atoms with Crippen LogP contribution in [0.5, 0.6) is 0 Å². The highest BCUT2D eigenvalue weighted by Crippen LogP contribution is 2.40. The Morgan fingerprint density at radius 1 is 1.37 bits per heavy atom. The number of hydrogen-bond donors (Lipinski definition) is 2. The zero-order valence-corrected chi connectivity index (χ0v) is 10.8. The molecule has 1 amide bonds. The van der Waals surface area contributed by atoms with E-state index in [1.54, 1.807) is 0 Å². The average molecular weight is 344 g/mol. The molecule has 0 aliphatic carbocycles. The second kappa shape index (κ2) is 5.16. The molecule has 104 valence electrons. The first-order chi connectivity index (χ1) is 8.55. The van der Waals surface area contributed by atoms with Crippen molar-refractivity contribution in [3.63, 3.8) is 0 Å². The zero-order valence-electron chi connectivity index (χ0n) is 9.23. The monoisotopic (exact) mass is 343 g/mol. The fourth-order valence-corrected chi connectivity index (χ4v) is 1.84. The van der Waals surface area contributed by atoms with Crippen molar-refractivity contribution in [3.8, 4) is 0 Å². The minimum atomic E-state index is -4.93. The Labute approximate surface area is 112 Å². The van der Waals surface area contributed by atoms with Gasteiger partial charge in [0.2, 0.25) is 5.91 Å². The molecule has 19 heavy (non-hydrogen) atoms. The van der Waals surface area contributed by atoms with Crippen molar-refractivity contribution in [2.75, 3.05) is 5.32 Å². The van der Waals surface area contributed by atoms with Crippen LogP contribution in [0.15, 0.2) is 10.5 Å². The van der Waals surface area contributed by atoms with Gasteiger partial charge in [-0.25, -0.2) is 9.18 Å². The van der Waals surface area contributed by atoms with Crippen LogP contribution in [0.4, 0.5) is 23.2 Å². The largest absolute Gasteiger partial charge is 0.478 e. The molecule has 1 rings (SSSR count). The van der Waals surface area contributed by atoms with E-state index in [1.807, 2.05) is 5.32 Å². The molecule has 2 N–H and O–H groups in total. The number of carbonyl (C=O) groups is 2. The van der Waals surface area contributed by atoms with E-state index in [0.29, 0.717) is 0 Å². The third-order valence-electron chi connectivity index (χ3n) is 2.04. The smallest absolute Gasteiger partial charge is 0.417 e. The van der Waals surface area contributed by atoms with Gasteiger partial charge in [0, 0.05) is 6.92 Å². The average Bonchev–Trinajstić information content (AvgIpc) is 2.22. The highest BCUT2D eigenvalue weighted by molar-refractivity contribution is 9.10. The molecule has 0 atom stereocenters. The first-order valence-electron chi connectivity index (χ1n) is 4.65. The van der Waals surface area contributed by atoms with Gasteiger partial charge in [-0.05, 0) is 22.0 Å². The van der Waals surface area contributed by atoms with Crippen LogP contribution in [0.1, 0.15) is 22.8 Å². The van der Waals surface area contributed by atoms with Crippen LogP contribution in [0.25, 0.3) is 0 Å². The third-order valence-corrected chi connectivity index (χ3v) is 2.82. The number of halogens is 5. The van der Waals surface area contributed by atoms with Gasteiger partial charge < -0.3 is 10.4 Å². The Kier molecular flexibility index (Phi) is 4.18. The number of aromatic carboxylic acids is 1. The number of nitrogens with one attached hydrogen (secondary N) is 1. The summed E-state index contributed by atoms with van der Waals surface area (Å²) in [6.45, 7) is 0.969. The van der Waals surface area contributed by atoms with Crippen molar-refractivity contribution in [3.05, 3.63) is 27.5 Å². The van der Waals surface area contributed by atoms with Crippen molar-refractivity contribution in [2.45, 2.75) is 13.1 Å². The summed E-state index contributed by atoms with van der Waals surface area (Å²) in [6, 6.07) is 0.251. The summed E-state index contributed by atoms with van der Waals surface area (Å²) >= 11 is 2.40. The minimum Gasteiger partial charge on any atom is -0.478 e. The van der Waals surface area contributed by atoms with Gasteiger partial charge >= 0.3 is 12.1 Å². The van der Waals surface area contributed by atoms with Crippen molar-refractivity contribution < 1.29 is 32.3 Å². The van der Waals surface area contributed by atoms with Crippen molar-refractivity contribution in [1.29, 1.82) is 0 Å². The second-order valence-electron chi connectivity index (χ2n) is 3.46. The number of carboxylic acid groups (broad SMARTS) is 1. The highest BCUT2D eigenvalue weighted by atomic mass is 79.9. The van der Waals surface area contributed by atoms with E-state index < -0.39 is 45.2 Å². The maximum atomic E-state index is 13.7. The summed E-state index contributed by atoms with van der Waals surface area (Å²) in [5.41, 5.74) is -3.28. The van der Waals surface area contributed by atoms with Crippen molar-refractivity contribution in [1.82, 2.24) is 0 Å². The lowest BCUT2D eigenvalue weighted by atomic mass is 10.1. The van der Waals surface area contributed by atoms with E-state index in [1.165, 1.54) is 0 Å². The fourth-order valence-electron chi connectivity index (χ4n) is 1.30. The van der Waals surface area contributed by atoms with E-state index in [9.17, 15) is 27.2 Å². The van der Waals surface area contributed by atoms with Gasteiger partial charge in [-0.15, -0.1) is 0 Å². The molecule has 0 spiro atoms. The molecule has 0 saturated heterocycles. The van der Waals surface area contributed by atoms with Crippen LogP contribution >= 0.6 is 15.9 Å². The molecule has 0 heterocycles. The molecule has 0 radical (unpaired) electrons. The van der Waals surface area contributed by atoms with Crippen molar-refractivity contribution >= 4 is 33.5 Å². The number of hydrogen-bond acceptors (Lipinski definition) is 2. The lowest BCUT2D eigenvalue weighted by Gasteiger charge is -2.15. The van der Waals surface area contributed by atoms with Crippen LogP contribution in [0.2, 0.25) is 0 Å². The summed E-state index contributed by atoms with van der Waals surface area (Å²) in [4.78, 5) is 21.7. The number of carbonyl (C=O) groups excluding carboxylic acids is 1. The van der Waals surface area contributed by atoms with Gasteiger partial charge in [0.05, 0.1) is 21.3 Å². The first kappa shape index (κ1) is 15.4. The molecule has 0 unspecified atom stereocenters. The molecule has 1 aromatic rings. The lowest BCUT2D eigenvalue weighted by Crippen LogP contribution is -2.16. The molecular weight excluding hydrogens is 338 g/mol. The highest BCUT2D eigenvalue weighted by Gasteiger charge is 2.37. The number of alkyl halides is 3. The van der Waals surface area contributed by atoms with E-state index in [2.05, 4.69) is 15.9 Å². The van der Waals surface area contributed by atoms with Gasteiger partial charge in [-0.2, -0.15) is 13.2 Å². The van der Waals surface area contributed by atoms with E-state index >= 15 is 0 Å². The summed E-state index contributed by atoms with van der Waals surface area (Å²) in [6.07, 6.45) is -4.93. The number of rotatable bonds is 2. The van der Waals surface area contributed by atoms with Crippen molar-refractivity contribution in [2.24, 2.45) is 0 Å². The molecule has 9 heteroatoms. The Morgan fingerprint density at radius 2 is 1.89 bits per heavy atom. The molecule has 1 aromatic carbocycles. The van der Waals surface area contributed by atoms with Gasteiger partial charge in [0.25, 0.3) is 0 Å². The SMILES string of the molecule is CC(=O)Nc1c(C(=O)O)cc(C(F)(F)F)c(Br)c1F. The standard InChI is InChI=1S/C10H6BrF4NO3/c1-3(17)16-8-4(9(18)19)2-5(10(13,14)15)6(11)7(8)12/h2H,1H3,(H,16,17)(H,18,19). The van der Waals surface area contributed by atoms with E-state index in [4.69, 9.17) is 5.11 Å². The summed E-state index contributed by atoms with van der Waals surface area (Å²) in [5, 5.41) is 10.6. The zero-order chi connectivity index (χ0) is 15.0. The quantitative estimate of drug-likeness (QED) is 0.810. The fraction of sp³-hybridized carbons (Fsp3) is 0.200. The molecule has 4 nitrogen and oxygen atoms in total. The lowest BCUT2D eigenvalue weighted by molar-refractivity contribution is -0.138. The second-order valence-corrected chi connectivity index (χ2v) is 4.25. The predicted octanol–water partition coefficient (Wildman–Crippen LogP) is 3.26. The summed E-state index contributed by atoms with van der Waals surface area (Å²) < 4.78 is 50.6. The first-order valence-corrected chi connectivity index (χ1v) is 5.45. The minimum absolute atomic E-state index is 0.251. The van der Waals surface area contributed by atoms with Crippen LogP contribution in [-0.4, -0.2) is 17.0 Å². The van der Waals surface area contributed by atoms with Gasteiger partial charge in [-0.1, -0.05) is 0 Å². The maximum Gasteiger partial charge on any atom is 0.417 e. The van der Waals surface area contributed by atoms with Crippen LogP contribution in [0, 0.1) is 5.82 Å². The summed E-state index contributed by atoms with van der Waals surface area (Å²) in [5.74, 6) is -4.10. The van der Waals surface area contributed by atoms with E-state index in [0.717, 1.165) is 6.92 Å². The Hall–Kier alpha value is -1.64. The molecule has 0 aromatic heterocycles. The number of benzene rings is 1. The molecule has 0 saturated carbocycles. The summed E-state index contributed by atoms with van der Waals surface area (Å²) in [7, 11) is 0. The Morgan fingerprint density at radius 3 is 2.26 bits per heavy atom.